The highest BCUT2D eigenvalue weighted by atomic mass is 127. The topological polar surface area (TPSA) is 36.4 Å². The van der Waals surface area contributed by atoms with Crippen LogP contribution in [0.4, 0.5) is 0 Å². The van der Waals surface area contributed by atoms with Gasteiger partial charge in [0.05, 0.1) is 6.54 Å². The number of guanidine groups is 1. The molecule has 106 valence electrons. The van der Waals surface area contributed by atoms with Crippen LogP contribution in [0.1, 0.15) is 33.6 Å². The first-order valence-electron chi connectivity index (χ1n) is 6.32. The summed E-state index contributed by atoms with van der Waals surface area (Å²) in [4.78, 5) is 4.67. The minimum Gasteiger partial charge on any atom is -0.357 e. The predicted molar refractivity (Wildman–Crippen MR) is 94.3 cm³/mol. The molecular weight excluding hydrogens is 357 g/mol. The van der Waals surface area contributed by atoms with Gasteiger partial charge in [0.1, 0.15) is 0 Å². The molecule has 0 aromatic heterocycles. The second-order valence-electron chi connectivity index (χ2n) is 4.94. The Hall–Kier alpha value is 0.0900. The molecule has 0 heterocycles. The first-order chi connectivity index (χ1) is 8.07. The van der Waals surface area contributed by atoms with Crippen LogP contribution < -0.4 is 10.6 Å². The fourth-order valence-electron chi connectivity index (χ4n) is 1.58. The highest BCUT2D eigenvalue weighted by Crippen LogP contribution is 2.21. The Balaban J connectivity index is 0.00000289. The molecular formula is C13H26IN3S. The number of hydrogen-bond acceptors (Lipinski definition) is 2. The van der Waals surface area contributed by atoms with Crippen molar-refractivity contribution in [2.45, 2.75) is 44.4 Å². The molecule has 0 saturated heterocycles. The lowest BCUT2D eigenvalue weighted by Gasteiger charge is -2.21. The fourth-order valence-corrected chi connectivity index (χ4v) is 1.78. The lowest BCUT2D eigenvalue weighted by Crippen LogP contribution is -2.43. The lowest BCUT2D eigenvalue weighted by molar-refractivity contribution is 0.627. The summed E-state index contributed by atoms with van der Waals surface area (Å²) in [5.74, 6) is 0.948. The Morgan fingerprint density at radius 1 is 1.39 bits per heavy atom. The summed E-state index contributed by atoms with van der Waals surface area (Å²) in [6.45, 7) is 8.29. The van der Waals surface area contributed by atoms with E-state index in [-0.39, 0.29) is 28.7 Å². The van der Waals surface area contributed by atoms with Gasteiger partial charge >= 0.3 is 0 Å². The van der Waals surface area contributed by atoms with Gasteiger partial charge in [-0.15, -0.1) is 24.0 Å². The molecule has 1 rings (SSSR count). The summed E-state index contributed by atoms with van der Waals surface area (Å²) >= 11 is 1.85. The summed E-state index contributed by atoms with van der Waals surface area (Å²) in [5.41, 5.74) is 0. The van der Waals surface area contributed by atoms with Crippen LogP contribution in [-0.2, 0) is 0 Å². The Morgan fingerprint density at radius 2 is 2.00 bits per heavy atom. The number of thioether (sulfide) groups is 1. The number of rotatable bonds is 5. The maximum Gasteiger partial charge on any atom is 0.191 e. The average Bonchev–Trinajstić information content (AvgIpc) is 2.79. The standard InChI is InChI=1S/C13H25N3S.HI/c1-5-14-12(15-10-13(2,3)17-4)16-11-8-6-7-9-11;/h6-7,11H,5,8-10H2,1-4H3,(H2,14,15,16);1H. The van der Waals surface area contributed by atoms with Crippen LogP contribution in [0.2, 0.25) is 0 Å². The van der Waals surface area contributed by atoms with Crippen LogP contribution in [0.5, 0.6) is 0 Å². The normalized spacial score (nSPS) is 16.6. The lowest BCUT2D eigenvalue weighted by atomic mass is 10.2. The van der Waals surface area contributed by atoms with E-state index in [4.69, 9.17) is 0 Å². The fraction of sp³-hybridized carbons (Fsp3) is 0.769. The van der Waals surface area contributed by atoms with Gasteiger partial charge in [0.25, 0.3) is 0 Å². The van der Waals surface area contributed by atoms with Crippen molar-refractivity contribution in [2.24, 2.45) is 4.99 Å². The molecule has 0 aromatic carbocycles. The van der Waals surface area contributed by atoms with Crippen molar-refractivity contribution in [3.8, 4) is 0 Å². The van der Waals surface area contributed by atoms with E-state index in [9.17, 15) is 0 Å². The monoisotopic (exact) mass is 383 g/mol. The van der Waals surface area contributed by atoms with Crippen molar-refractivity contribution in [3.05, 3.63) is 12.2 Å². The molecule has 2 N–H and O–H groups in total. The quantitative estimate of drug-likeness (QED) is 0.332. The van der Waals surface area contributed by atoms with Gasteiger partial charge in [0.15, 0.2) is 5.96 Å². The molecule has 0 aromatic rings. The Morgan fingerprint density at radius 3 is 2.50 bits per heavy atom. The highest BCUT2D eigenvalue weighted by Gasteiger charge is 2.16. The SMILES string of the molecule is CCNC(=NCC(C)(C)SC)NC1CC=CC1.I. The van der Waals surface area contributed by atoms with Crippen LogP contribution >= 0.6 is 35.7 Å². The zero-order valence-electron chi connectivity index (χ0n) is 11.8. The smallest absolute Gasteiger partial charge is 0.191 e. The maximum atomic E-state index is 4.67. The minimum absolute atomic E-state index is 0. The minimum atomic E-state index is 0. The van der Waals surface area contributed by atoms with E-state index in [1.165, 1.54) is 0 Å². The van der Waals surface area contributed by atoms with Crippen molar-refractivity contribution in [1.82, 2.24) is 10.6 Å². The summed E-state index contributed by atoms with van der Waals surface area (Å²) < 4.78 is 0.205. The van der Waals surface area contributed by atoms with E-state index in [1.54, 1.807) is 0 Å². The number of halogens is 1. The second-order valence-corrected chi connectivity index (χ2v) is 6.46. The van der Waals surface area contributed by atoms with Gasteiger partial charge in [-0.3, -0.25) is 4.99 Å². The van der Waals surface area contributed by atoms with E-state index in [0.29, 0.717) is 6.04 Å². The summed E-state index contributed by atoms with van der Waals surface area (Å²) in [7, 11) is 0. The molecule has 0 atom stereocenters. The van der Waals surface area contributed by atoms with E-state index in [1.807, 2.05) is 11.8 Å². The van der Waals surface area contributed by atoms with Crippen LogP contribution in [-0.4, -0.2) is 36.1 Å². The van der Waals surface area contributed by atoms with E-state index < -0.39 is 0 Å². The number of aliphatic imine (C=N–C) groups is 1. The van der Waals surface area contributed by atoms with Crippen LogP contribution in [0.15, 0.2) is 17.1 Å². The average molecular weight is 383 g/mol. The Kier molecular flexibility index (Phi) is 9.11. The molecule has 3 nitrogen and oxygen atoms in total. The zero-order chi connectivity index (χ0) is 12.7. The molecule has 0 radical (unpaired) electrons. The number of nitrogens with zero attached hydrogens (tertiary/aromatic N) is 1. The second kappa shape index (κ2) is 9.07. The van der Waals surface area contributed by atoms with E-state index in [2.05, 4.69) is 54.8 Å². The third-order valence-electron chi connectivity index (χ3n) is 2.86. The molecule has 0 fully saturated rings. The first kappa shape index (κ1) is 18.1. The van der Waals surface area contributed by atoms with Gasteiger partial charge in [-0.25, -0.2) is 0 Å². The number of hydrogen-bond donors (Lipinski definition) is 2. The molecule has 18 heavy (non-hydrogen) atoms. The van der Waals surface area contributed by atoms with Gasteiger partial charge in [-0.1, -0.05) is 12.2 Å². The van der Waals surface area contributed by atoms with Gasteiger partial charge in [-0.05, 0) is 39.9 Å². The molecule has 0 amide bonds. The first-order valence-corrected chi connectivity index (χ1v) is 7.55. The van der Waals surface area contributed by atoms with Crippen molar-refractivity contribution in [3.63, 3.8) is 0 Å². The van der Waals surface area contributed by atoms with Crippen LogP contribution in [0.25, 0.3) is 0 Å². The van der Waals surface area contributed by atoms with Crippen molar-refractivity contribution >= 4 is 41.7 Å². The molecule has 1 aliphatic carbocycles. The molecule has 0 unspecified atom stereocenters. The summed E-state index contributed by atoms with van der Waals surface area (Å²) in [6.07, 6.45) is 8.81. The summed E-state index contributed by atoms with van der Waals surface area (Å²) in [6, 6.07) is 0.519. The van der Waals surface area contributed by atoms with E-state index in [0.717, 1.165) is 31.9 Å². The molecule has 5 heteroatoms. The van der Waals surface area contributed by atoms with Crippen molar-refractivity contribution in [2.75, 3.05) is 19.3 Å². The van der Waals surface area contributed by atoms with Crippen LogP contribution in [0.3, 0.4) is 0 Å². The van der Waals surface area contributed by atoms with Gasteiger partial charge in [-0.2, -0.15) is 11.8 Å². The molecule has 0 aliphatic heterocycles. The third-order valence-corrected chi connectivity index (χ3v) is 4.10. The summed E-state index contributed by atoms with van der Waals surface area (Å²) in [5, 5.41) is 6.79. The van der Waals surface area contributed by atoms with Gasteiger partial charge < -0.3 is 10.6 Å². The largest absolute Gasteiger partial charge is 0.357 e. The van der Waals surface area contributed by atoms with Crippen molar-refractivity contribution in [1.29, 1.82) is 0 Å². The Labute approximate surface area is 133 Å². The van der Waals surface area contributed by atoms with Crippen LogP contribution in [0, 0.1) is 0 Å². The van der Waals surface area contributed by atoms with Gasteiger partial charge in [0, 0.05) is 17.3 Å². The zero-order valence-corrected chi connectivity index (χ0v) is 15.0. The van der Waals surface area contributed by atoms with E-state index >= 15 is 0 Å². The number of nitrogens with one attached hydrogen (secondary N) is 2. The third kappa shape index (κ3) is 6.87. The molecule has 0 bridgehead atoms. The maximum absolute atomic E-state index is 4.67. The molecule has 0 saturated carbocycles. The molecule has 1 aliphatic rings. The van der Waals surface area contributed by atoms with Crippen molar-refractivity contribution < 1.29 is 0 Å². The highest BCUT2D eigenvalue weighted by molar-refractivity contribution is 14.0. The Bertz CT molecular complexity index is 282. The molecule has 0 spiro atoms. The van der Waals surface area contributed by atoms with Gasteiger partial charge in [0.2, 0.25) is 0 Å². The predicted octanol–water partition coefficient (Wildman–Crippen LogP) is 3.02.